The number of halogens is 1. The number of hydrogen-bond donors (Lipinski definition) is 2. The van der Waals surface area contributed by atoms with Gasteiger partial charge in [0.15, 0.2) is 0 Å². The Labute approximate surface area is 191 Å². The molecule has 2 aromatic heterocycles. The van der Waals surface area contributed by atoms with Crippen LogP contribution < -0.4 is 15.5 Å². The number of rotatable bonds is 5. The topological polar surface area (TPSA) is 87.2 Å². The molecule has 3 aromatic rings. The molecule has 2 N–H and O–H groups in total. The van der Waals surface area contributed by atoms with E-state index in [4.69, 9.17) is 16.6 Å². The van der Waals surface area contributed by atoms with Crippen LogP contribution in [0.2, 0.25) is 5.02 Å². The number of nitrogens with one attached hydrogen (secondary N) is 2. The third-order valence-corrected chi connectivity index (χ3v) is 6.18. The molecule has 5 rings (SSSR count). The van der Waals surface area contributed by atoms with E-state index >= 15 is 0 Å². The number of carbonyl (C=O) groups excluding carboxylic acids is 2. The molecule has 1 unspecified atom stereocenters. The normalized spacial score (nSPS) is 18.4. The van der Waals surface area contributed by atoms with E-state index in [1.807, 2.05) is 30.3 Å². The first-order valence-electron chi connectivity index (χ1n) is 10.9. The predicted molar refractivity (Wildman–Crippen MR) is 125 cm³/mol. The zero-order valence-corrected chi connectivity index (χ0v) is 18.3. The lowest BCUT2D eigenvalue weighted by Crippen LogP contribution is -2.41. The Balaban J connectivity index is 1.37. The highest BCUT2D eigenvalue weighted by atomic mass is 35.5. The number of aromatic nitrogens is 2. The Hall–Kier alpha value is -3.19. The molecule has 0 bridgehead atoms. The maximum atomic E-state index is 12.9. The molecule has 1 aliphatic carbocycles. The summed E-state index contributed by atoms with van der Waals surface area (Å²) in [7, 11) is 0. The van der Waals surface area contributed by atoms with E-state index in [9.17, 15) is 9.59 Å². The van der Waals surface area contributed by atoms with Gasteiger partial charge in [0.25, 0.3) is 5.91 Å². The third kappa shape index (κ3) is 4.53. The maximum Gasteiger partial charge on any atom is 0.252 e. The van der Waals surface area contributed by atoms with Crippen molar-refractivity contribution in [2.45, 2.75) is 31.7 Å². The Morgan fingerprint density at radius 2 is 1.94 bits per heavy atom. The summed E-state index contributed by atoms with van der Waals surface area (Å²) in [4.78, 5) is 36.8. The molecule has 32 heavy (non-hydrogen) atoms. The van der Waals surface area contributed by atoms with Gasteiger partial charge in [-0.1, -0.05) is 29.8 Å². The minimum absolute atomic E-state index is 0.0625. The number of piperidine rings is 1. The Bertz CT molecular complexity index is 1160. The van der Waals surface area contributed by atoms with Crippen LogP contribution in [0.15, 0.2) is 48.7 Å². The molecule has 1 saturated heterocycles. The number of para-hydroxylation sites is 1. The van der Waals surface area contributed by atoms with Crippen LogP contribution >= 0.6 is 11.6 Å². The fourth-order valence-corrected chi connectivity index (χ4v) is 4.19. The molecule has 1 aliphatic heterocycles. The number of amides is 2. The number of carbonyl (C=O) groups is 2. The molecule has 0 spiro atoms. The van der Waals surface area contributed by atoms with Crippen LogP contribution in [0.4, 0.5) is 11.6 Å². The number of fused-ring (bicyclic) bond motifs is 1. The lowest BCUT2D eigenvalue weighted by atomic mass is 9.96. The van der Waals surface area contributed by atoms with Crippen LogP contribution in [0, 0.1) is 5.92 Å². The van der Waals surface area contributed by atoms with Crippen molar-refractivity contribution < 1.29 is 9.59 Å². The average molecular weight is 450 g/mol. The quantitative estimate of drug-likeness (QED) is 0.614. The van der Waals surface area contributed by atoms with E-state index in [2.05, 4.69) is 20.5 Å². The minimum Gasteiger partial charge on any atom is -0.356 e. The van der Waals surface area contributed by atoms with Crippen molar-refractivity contribution in [3.63, 3.8) is 0 Å². The molecule has 1 saturated carbocycles. The van der Waals surface area contributed by atoms with E-state index in [0.717, 1.165) is 48.9 Å². The molecule has 2 aliphatic rings. The standard InChI is InChI=1S/C24H24ClN5O2/c25-16-7-10-21(26-13-16)29-23(31)15-4-3-11-30(14-15)22-12-19(24(32)27-17-8-9-17)18-5-1-2-6-20(18)28-22/h1-2,5-7,10,12-13,15,17H,3-4,8-9,11,14H2,(H,27,32)(H,26,29,31). The molecule has 2 amide bonds. The molecule has 0 radical (unpaired) electrons. The zero-order valence-electron chi connectivity index (χ0n) is 17.6. The summed E-state index contributed by atoms with van der Waals surface area (Å²) < 4.78 is 0. The highest BCUT2D eigenvalue weighted by Gasteiger charge is 2.29. The smallest absolute Gasteiger partial charge is 0.252 e. The molecule has 1 atom stereocenters. The molecule has 3 heterocycles. The van der Waals surface area contributed by atoms with Gasteiger partial charge in [0, 0.05) is 30.7 Å². The van der Waals surface area contributed by atoms with Gasteiger partial charge in [0.05, 0.1) is 22.0 Å². The largest absolute Gasteiger partial charge is 0.356 e. The van der Waals surface area contributed by atoms with Crippen LogP contribution in [0.3, 0.4) is 0 Å². The second kappa shape index (κ2) is 8.74. The third-order valence-electron chi connectivity index (χ3n) is 5.95. The second-order valence-corrected chi connectivity index (χ2v) is 8.87. The van der Waals surface area contributed by atoms with Crippen molar-refractivity contribution >= 4 is 46.0 Å². The fraction of sp³-hybridized carbons (Fsp3) is 0.333. The van der Waals surface area contributed by atoms with Gasteiger partial charge in [-0.2, -0.15) is 0 Å². The summed E-state index contributed by atoms with van der Waals surface area (Å²) in [6.07, 6.45) is 5.24. The summed E-state index contributed by atoms with van der Waals surface area (Å²) in [5.74, 6) is 0.883. The number of pyridine rings is 2. The van der Waals surface area contributed by atoms with Crippen LogP contribution in [-0.2, 0) is 4.79 Å². The van der Waals surface area contributed by atoms with E-state index in [1.165, 1.54) is 6.20 Å². The minimum atomic E-state index is -0.196. The van der Waals surface area contributed by atoms with Gasteiger partial charge in [-0.15, -0.1) is 0 Å². The monoisotopic (exact) mass is 449 g/mol. The molecule has 1 aromatic carbocycles. The van der Waals surface area contributed by atoms with Gasteiger partial charge in [-0.05, 0) is 49.9 Å². The average Bonchev–Trinajstić information content (AvgIpc) is 3.64. The van der Waals surface area contributed by atoms with Crippen molar-refractivity contribution in [1.29, 1.82) is 0 Å². The lowest BCUT2D eigenvalue weighted by Gasteiger charge is -2.33. The molecule has 8 heteroatoms. The fourth-order valence-electron chi connectivity index (χ4n) is 4.08. The first-order chi connectivity index (χ1) is 15.6. The van der Waals surface area contributed by atoms with Crippen LogP contribution in [0.25, 0.3) is 10.9 Å². The van der Waals surface area contributed by atoms with E-state index in [0.29, 0.717) is 22.9 Å². The SMILES string of the molecule is O=C(NC1CC1)c1cc(N2CCCC(C(=O)Nc3ccc(Cl)cn3)C2)nc2ccccc12. The van der Waals surface area contributed by atoms with E-state index < -0.39 is 0 Å². The molecule has 7 nitrogen and oxygen atoms in total. The highest BCUT2D eigenvalue weighted by molar-refractivity contribution is 6.30. The van der Waals surface area contributed by atoms with Crippen molar-refractivity contribution in [2.24, 2.45) is 5.92 Å². The maximum absolute atomic E-state index is 12.9. The second-order valence-electron chi connectivity index (χ2n) is 8.43. The van der Waals surface area contributed by atoms with Gasteiger partial charge in [0.2, 0.25) is 5.91 Å². The van der Waals surface area contributed by atoms with Gasteiger partial charge in [0.1, 0.15) is 11.6 Å². The van der Waals surface area contributed by atoms with Gasteiger partial charge >= 0.3 is 0 Å². The molecule has 164 valence electrons. The Morgan fingerprint density at radius 1 is 1.09 bits per heavy atom. The Morgan fingerprint density at radius 3 is 2.72 bits per heavy atom. The number of anilines is 2. The van der Waals surface area contributed by atoms with Crippen molar-refractivity contribution in [3.05, 3.63) is 59.2 Å². The zero-order chi connectivity index (χ0) is 22.1. The summed E-state index contributed by atoms with van der Waals surface area (Å²) in [6, 6.07) is 13.2. The van der Waals surface area contributed by atoms with Crippen molar-refractivity contribution in [3.8, 4) is 0 Å². The number of hydrogen-bond acceptors (Lipinski definition) is 5. The molecule has 2 fully saturated rings. The van der Waals surface area contributed by atoms with Gasteiger partial charge in [-0.3, -0.25) is 9.59 Å². The molecular weight excluding hydrogens is 426 g/mol. The van der Waals surface area contributed by atoms with Crippen molar-refractivity contribution in [1.82, 2.24) is 15.3 Å². The Kier molecular flexibility index (Phi) is 5.66. The van der Waals surface area contributed by atoms with Crippen LogP contribution in [-0.4, -0.2) is 40.9 Å². The summed E-state index contributed by atoms with van der Waals surface area (Å²) >= 11 is 5.87. The van der Waals surface area contributed by atoms with E-state index in [-0.39, 0.29) is 23.8 Å². The molecular formula is C24H24ClN5O2. The summed E-state index contributed by atoms with van der Waals surface area (Å²) in [5.41, 5.74) is 1.41. The van der Waals surface area contributed by atoms with E-state index in [1.54, 1.807) is 12.1 Å². The van der Waals surface area contributed by atoms with Gasteiger partial charge in [-0.25, -0.2) is 9.97 Å². The van der Waals surface area contributed by atoms with Crippen molar-refractivity contribution in [2.75, 3.05) is 23.3 Å². The first kappa shape index (κ1) is 20.7. The van der Waals surface area contributed by atoms with Crippen LogP contribution in [0.5, 0.6) is 0 Å². The first-order valence-corrected chi connectivity index (χ1v) is 11.3. The van der Waals surface area contributed by atoms with Crippen LogP contribution in [0.1, 0.15) is 36.0 Å². The number of benzene rings is 1. The van der Waals surface area contributed by atoms with Gasteiger partial charge < -0.3 is 15.5 Å². The number of nitrogens with zero attached hydrogens (tertiary/aromatic N) is 3. The summed E-state index contributed by atoms with van der Waals surface area (Å²) in [6.45, 7) is 1.33. The lowest BCUT2D eigenvalue weighted by molar-refractivity contribution is -0.120. The highest BCUT2D eigenvalue weighted by Crippen LogP contribution is 2.28. The summed E-state index contributed by atoms with van der Waals surface area (Å²) in [5, 5.41) is 7.33. The predicted octanol–water partition coefficient (Wildman–Crippen LogP) is 4.03.